The van der Waals surface area contributed by atoms with Crippen LogP contribution in [0.1, 0.15) is 37.7 Å². The molecule has 22 heavy (non-hydrogen) atoms. The molecule has 0 unspecified atom stereocenters. The molecule has 0 aliphatic rings. The monoisotopic (exact) mass is 299 g/mol. The van der Waals surface area contributed by atoms with Crippen molar-refractivity contribution in [2.45, 2.75) is 6.92 Å². The summed E-state index contributed by atoms with van der Waals surface area (Å²) in [4.78, 5) is 26.9. The van der Waals surface area contributed by atoms with E-state index in [9.17, 15) is 9.59 Å². The molecule has 114 valence electrons. The summed E-state index contributed by atoms with van der Waals surface area (Å²) in [5.74, 6) is -1.16. The van der Waals surface area contributed by atoms with Crippen molar-refractivity contribution < 1.29 is 19.1 Å². The van der Waals surface area contributed by atoms with Crippen LogP contribution in [0.25, 0.3) is 12.2 Å². The van der Waals surface area contributed by atoms with Gasteiger partial charge in [0.15, 0.2) is 0 Å². The first-order valence-corrected chi connectivity index (χ1v) is 6.70. The Balaban J connectivity index is 2.49. The number of benzene rings is 1. The summed E-state index contributed by atoms with van der Waals surface area (Å²) < 4.78 is 9.51. The highest BCUT2D eigenvalue weighted by molar-refractivity contribution is 6.06. The lowest BCUT2D eigenvalue weighted by atomic mass is 10.1. The first-order valence-electron chi connectivity index (χ1n) is 6.70. The number of aromatic amines is 1. The first-order chi connectivity index (χ1) is 10.6. The van der Waals surface area contributed by atoms with Crippen LogP contribution in [0.2, 0.25) is 0 Å². The van der Waals surface area contributed by atoms with Gasteiger partial charge >= 0.3 is 11.9 Å². The van der Waals surface area contributed by atoms with E-state index in [0.717, 1.165) is 5.56 Å². The number of esters is 2. The fraction of sp³-hybridized carbons (Fsp3) is 0.176. The van der Waals surface area contributed by atoms with E-state index in [-0.39, 0.29) is 11.1 Å². The number of rotatable bonds is 4. The van der Waals surface area contributed by atoms with Crippen LogP contribution in [-0.4, -0.2) is 31.1 Å². The number of carbonyl (C=O) groups is 2. The van der Waals surface area contributed by atoms with Crippen LogP contribution in [0, 0.1) is 6.92 Å². The number of aryl methyl sites for hydroxylation is 1. The van der Waals surface area contributed by atoms with E-state index in [2.05, 4.69) is 4.98 Å². The quantitative estimate of drug-likeness (QED) is 0.881. The molecule has 2 rings (SSSR count). The van der Waals surface area contributed by atoms with Gasteiger partial charge in [-0.1, -0.05) is 36.4 Å². The Morgan fingerprint density at radius 1 is 0.955 bits per heavy atom. The zero-order valence-corrected chi connectivity index (χ0v) is 12.7. The summed E-state index contributed by atoms with van der Waals surface area (Å²) in [6.07, 6.45) is 3.58. The fourth-order valence-corrected chi connectivity index (χ4v) is 2.19. The number of aromatic nitrogens is 1. The Bertz CT molecular complexity index is 714. The first kappa shape index (κ1) is 15.6. The summed E-state index contributed by atoms with van der Waals surface area (Å²) in [7, 11) is 2.55. The highest BCUT2D eigenvalue weighted by Crippen LogP contribution is 2.23. The van der Waals surface area contributed by atoms with Gasteiger partial charge < -0.3 is 14.5 Å². The third-order valence-electron chi connectivity index (χ3n) is 3.24. The molecule has 0 spiro atoms. The molecule has 0 saturated carbocycles. The SMILES string of the molecule is COC(=O)c1c(C)[nH]c(/C=C/c2ccccc2)c1C(=O)OC. The van der Waals surface area contributed by atoms with Gasteiger partial charge in [0.2, 0.25) is 0 Å². The third-order valence-corrected chi connectivity index (χ3v) is 3.24. The van der Waals surface area contributed by atoms with E-state index in [4.69, 9.17) is 9.47 Å². The maximum Gasteiger partial charge on any atom is 0.340 e. The van der Waals surface area contributed by atoms with Crippen molar-refractivity contribution in [3.63, 3.8) is 0 Å². The molecule has 1 aromatic heterocycles. The summed E-state index contributed by atoms with van der Waals surface area (Å²) in [6.45, 7) is 1.71. The Morgan fingerprint density at radius 2 is 1.55 bits per heavy atom. The Morgan fingerprint density at radius 3 is 2.14 bits per heavy atom. The van der Waals surface area contributed by atoms with Crippen molar-refractivity contribution in [2.75, 3.05) is 14.2 Å². The second-order valence-electron chi connectivity index (χ2n) is 4.64. The van der Waals surface area contributed by atoms with Gasteiger partial charge in [-0.15, -0.1) is 0 Å². The van der Waals surface area contributed by atoms with Gasteiger partial charge in [0, 0.05) is 5.69 Å². The molecular weight excluding hydrogens is 282 g/mol. The highest BCUT2D eigenvalue weighted by Gasteiger charge is 2.26. The van der Waals surface area contributed by atoms with Crippen LogP contribution in [0.15, 0.2) is 30.3 Å². The Labute approximate surface area is 128 Å². The summed E-state index contributed by atoms with van der Waals surface area (Å²) in [5, 5.41) is 0. The van der Waals surface area contributed by atoms with E-state index < -0.39 is 11.9 Å². The molecule has 0 atom stereocenters. The summed E-state index contributed by atoms with van der Waals surface area (Å²) in [5.41, 5.74) is 2.42. The van der Waals surface area contributed by atoms with Crippen molar-refractivity contribution >= 4 is 24.1 Å². The third kappa shape index (κ3) is 3.09. The van der Waals surface area contributed by atoms with Crippen LogP contribution in [0.4, 0.5) is 0 Å². The van der Waals surface area contributed by atoms with E-state index in [0.29, 0.717) is 11.4 Å². The lowest BCUT2D eigenvalue weighted by Crippen LogP contribution is -2.11. The molecule has 0 aliphatic carbocycles. The van der Waals surface area contributed by atoms with Gasteiger partial charge in [-0.2, -0.15) is 0 Å². The highest BCUT2D eigenvalue weighted by atomic mass is 16.5. The van der Waals surface area contributed by atoms with Crippen molar-refractivity contribution in [1.82, 2.24) is 4.98 Å². The van der Waals surface area contributed by atoms with Crippen LogP contribution in [0.3, 0.4) is 0 Å². The second kappa shape index (κ2) is 6.76. The van der Waals surface area contributed by atoms with Crippen molar-refractivity contribution in [3.05, 3.63) is 58.4 Å². The lowest BCUT2D eigenvalue weighted by Gasteiger charge is -2.03. The van der Waals surface area contributed by atoms with Crippen LogP contribution < -0.4 is 0 Å². The zero-order valence-electron chi connectivity index (χ0n) is 12.7. The molecular formula is C17H17NO4. The van der Waals surface area contributed by atoms with Crippen LogP contribution in [-0.2, 0) is 9.47 Å². The topological polar surface area (TPSA) is 68.4 Å². The van der Waals surface area contributed by atoms with E-state index in [1.807, 2.05) is 36.4 Å². The maximum absolute atomic E-state index is 12.0. The number of nitrogens with one attached hydrogen (secondary N) is 1. The average Bonchev–Trinajstić information content (AvgIpc) is 2.88. The number of H-pyrrole nitrogens is 1. The minimum atomic E-state index is -0.586. The minimum Gasteiger partial charge on any atom is -0.465 e. The Hall–Kier alpha value is -2.82. The molecule has 1 heterocycles. The molecule has 0 aliphatic heterocycles. The Kier molecular flexibility index (Phi) is 4.78. The summed E-state index contributed by atoms with van der Waals surface area (Å²) >= 11 is 0. The number of methoxy groups -OCH3 is 2. The molecule has 1 aromatic carbocycles. The van der Waals surface area contributed by atoms with Gasteiger partial charge in [0.05, 0.1) is 31.0 Å². The molecule has 0 radical (unpaired) electrons. The molecule has 0 saturated heterocycles. The largest absolute Gasteiger partial charge is 0.465 e. The van der Waals surface area contributed by atoms with Gasteiger partial charge in [0.1, 0.15) is 0 Å². The van der Waals surface area contributed by atoms with E-state index in [1.165, 1.54) is 14.2 Å². The number of hydrogen-bond donors (Lipinski definition) is 1. The predicted octanol–water partition coefficient (Wildman–Crippen LogP) is 3.07. The van der Waals surface area contributed by atoms with Crippen molar-refractivity contribution in [1.29, 1.82) is 0 Å². The van der Waals surface area contributed by atoms with Crippen molar-refractivity contribution in [3.8, 4) is 0 Å². The molecule has 2 aromatic rings. The van der Waals surface area contributed by atoms with Gasteiger partial charge in [-0.05, 0) is 18.6 Å². The average molecular weight is 299 g/mol. The maximum atomic E-state index is 12.0. The predicted molar refractivity (Wildman–Crippen MR) is 83.6 cm³/mol. The lowest BCUT2D eigenvalue weighted by molar-refractivity contribution is 0.0556. The second-order valence-corrected chi connectivity index (χ2v) is 4.64. The molecule has 1 N–H and O–H groups in total. The van der Waals surface area contributed by atoms with Crippen LogP contribution >= 0.6 is 0 Å². The normalized spacial score (nSPS) is 10.7. The van der Waals surface area contributed by atoms with Crippen molar-refractivity contribution in [2.24, 2.45) is 0 Å². The minimum absolute atomic E-state index is 0.180. The molecule has 5 heteroatoms. The standard InChI is InChI=1S/C17H17NO4/c1-11-14(16(19)21-2)15(17(20)22-3)13(18-11)10-9-12-7-5-4-6-8-12/h4-10,18H,1-3H3/b10-9+. The van der Waals surface area contributed by atoms with E-state index >= 15 is 0 Å². The number of ether oxygens (including phenoxy) is 2. The molecule has 0 amide bonds. The zero-order chi connectivity index (χ0) is 16.1. The fourth-order valence-electron chi connectivity index (χ4n) is 2.19. The summed E-state index contributed by atoms with van der Waals surface area (Å²) in [6, 6.07) is 9.63. The van der Waals surface area contributed by atoms with Gasteiger partial charge in [-0.3, -0.25) is 0 Å². The molecule has 0 bridgehead atoms. The van der Waals surface area contributed by atoms with E-state index in [1.54, 1.807) is 13.0 Å². The number of carbonyl (C=O) groups excluding carboxylic acids is 2. The van der Waals surface area contributed by atoms with Gasteiger partial charge in [-0.25, -0.2) is 9.59 Å². The van der Waals surface area contributed by atoms with Gasteiger partial charge in [0.25, 0.3) is 0 Å². The molecule has 5 nitrogen and oxygen atoms in total. The number of hydrogen-bond acceptors (Lipinski definition) is 4. The van der Waals surface area contributed by atoms with Crippen LogP contribution in [0.5, 0.6) is 0 Å². The molecule has 0 fully saturated rings. The smallest absolute Gasteiger partial charge is 0.340 e.